The third-order valence-electron chi connectivity index (χ3n) is 5.04. The van der Waals surface area contributed by atoms with Gasteiger partial charge in [0.1, 0.15) is 6.73 Å². The molecule has 2 unspecified atom stereocenters. The van der Waals surface area contributed by atoms with Gasteiger partial charge in [0, 0.05) is 38.4 Å². The SMILES string of the molecule is c1ccc(CNCc2ccc(CC34CNCC3NCON4)cc2)nc1. The second-order valence-corrected chi connectivity index (χ2v) is 6.85. The van der Waals surface area contributed by atoms with Gasteiger partial charge in [0.05, 0.1) is 11.2 Å². The van der Waals surface area contributed by atoms with Crippen molar-refractivity contribution in [2.75, 3.05) is 19.8 Å². The van der Waals surface area contributed by atoms with E-state index in [1.807, 2.05) is 24.4 Å². The van der Waals surface area contributed by atoms with Crippen LogP contribution in [-0.2, 0) is 24.3 Å². The van der Waals surface area contributed by atoms with Crippen LogP contribution in [0.15, 0.2) is 48.7 Å². The van der Waals surface area contributed by atoms with Crippen LogP contribution in [0.1, 0.15) is 16.8 Å². The van der Waals surface area contributed by atoms with Gasteiger partial charge >= 0.3 is 0 Å². The molecule has 2 atom stereocenters. The maximum Gasteiger partial charge on any atom is 0.119 e. The van der Waals surface area contributed by atoms with Crippen LogP contribution in [-0.4, -0.2) is 36.4 Å². The molecule has 25 heavy (non-hydrogen) atoms. The first-order valence-electron chi connectivity index (χ1n) is 8.86. The predicted octanol–water partition coefficient (Wildman–Crippen LogP) is 0.706. The van der Waals surface area contributed by atoms with E-state index in [1.165, 1.54) is 11.1 Å². The van der Waals surface area contributed by atoms with Crippen molar-refractivity contribution in [3.63, 3.8) is 0 Å². The quantitative estimate of drug-likeness (QED) is 0.621. The Kier molecular flexibility index (Phi) is 5.05. The summed E-state index contributed by atoms with van der Waals surface area (Å²) >= 11 is 0. The van der Waals surface area contributed by atoms with E-state index in [-0.39, 0.29) is 5.54 Å². The highest BCUT2D eigenvalue weighted by atomic mass is 16.7. The van der Waals surface area contributed by atoms with Crippen LogP contribution < -0.4 is 21.4 Å². The summed E-state index contributed by atoms with van der Waals surface area (Å²) in [4.78, 5) is 9.79. The Hall–Kier alpha value is -1.83. The van der Waals surface area contributed by atoms with Crippen molar-refractivity contribution in [1.82, 2.24) is 26.4 Å². The molecule has 0 saturated carbocycles. The van der Waals surface area contributed by atoms with E-state index in [4.69, 9.17) is 4.84 Å². The zero-order valence-electron chi connectivity index (χ0n) is 14.3. The summed E-state index contributed by atoms with van der Waals surface area (Å²) < 4.78 is 0. The Morgan fingerprint density at radius 2 is 2.00 bits per heavy atom. The van der Waals surface area contributed by atoms with Gasteiger partial charge in [-0.1, -0.05) is 30.3 Å². The van der Waals surface area contributed by atoms with Crippen molar-refractivity contribution >= 4 is 0 Å². The van der Waals surface area contributed by atoms with Gasteiger partial charge in [-0.2, -0.15) is 5.48 Å². The van der Waals surface area contributed by atoms with Gasteiger partial charge in [-0.25, -0.2) is 0 Å². The number of aromatic nitrogens is 1. The Morgan fingerprint density at radius 1 is 1.12 bits per heavy atom. The van der Waals surface area contributed by atoms with E-state index in [1.54, 1.807) is 0 Å². The topological polar surface area (TPSA) is 70.2 Å². The normalized spacial score (nSPS) is 25.7. The standard InChI is InChI=1S/C19H25N5O/c1-2-8-22-17(3-1)11-20-10-16-6-4-15(5-7-16)9-19-13-21-12-18(19)23-14-25-24-19/h1-8,18,20-21,23-24H,9-14H2. The predicted molar refractivity (Wildman–Crippen MR) is 96.5 cm³/mol. The summed E-state index contributed by atoms with van der Waals surface area (Å²) in [5, 5.41) is 10.3. The van der Waals surface area contributed by atoms with E-state index in [2.05, 4.69) is 50.7 Å². The molecule has 1 aromatic heterocycles. The molecule has 6 nitrogen and oxygen atoms in total. The van der Waals surface area contributed by atoms with Crippen LogP contribution in [0.25, 0.3) is 0 Å². The third kappa shape index (κ3) is 3.89. The van der Waals surface area contributed by atoms with Gasteiger partial charge < -0.3 is 10.6 Å². The van der Waals surface area contributed by atoms with Gasteiger partial charge in [0.15, 0.2) is 0 Å². The smallest absolute Gasteiger partial charge is 0.119 e. The largest absolute Gasteiger partial charge is 0.313 e. The fourth-order valence-corrected chi connectivity index (χ4v) is 3.65. The zero-order valence-corrected chi connectivity index (χ0v) is 14.3. The first kappa shape index (κ1) is 16.6. The van der Waals surface area contributed by atoms with Crippen molar-refractivity contribution in [2.45, 2.75) is 31.1 Å². The molecule has 6 heteroatoms. The molecular weight excluding hydrogens is 314 g/mol. The second kappa shape index (κ2) is 7.59. The number of nitrogens with one attached hydrogen (secondary N) is 4. The van der Waals surface area contributed by atoms with E-state index in [9.17, 15) is 0 Å². The number of hydroxylamine groups is 1. The van der Waals surface area contributed by atoms with Gasteiger partial charge in [0.25, 0.3) is 0 Å². The molecule has 4 rings (SSSR count). The van der Waals surface area contributed by atoms with Crippen LogP contribution in [0.2, 0.25) is 0 Å². The molecule has 4 N–H and O–H groups in total. The molecule has 0 bridgehead atoms. The molecule has 2 aromatic rings. The second-order valence-electron chi connectivity index (χ2n) is 6.85. The number of hydrogen-bond acceptors (Lipinski definition) is 6. The molecule has 2 aliphatic heterocycles. The lowest BCUT2D eigenvalue weighted by Crippen LogP contribution is -2.65. The molecule has 0 aliphatic carbocycles. The molecule has 3 heterocycles. The van der Waals surface area contributed by atoms with Crippen molar-refractivity contribution < 1.29 is 4.84 Å². The molecule has 0 amide bonds. The van der Waals surface area contributed by atoms with E-state index < -0.39 is 0 Å². The highest BCUT2D eigenvalue weighted by Crippen LogP contribution is 2.23. The minimum atomic E-state index is -0.0585. The molecule has 2 saturated heterocycles. The molecule has 2 aliphatic rings. The van der Waals surface area contributed by atoms with Gasteiger partial charge in [-0.05, 0) is 29.7 Å². The Bertz CT molecular complexity index is 678. The van der Waals surface area contributed by atoms with Crippen molar-refractivity contribution in [3.05, 3.63) is 65.5 Å². The number of rotatable bonds is 6. The maximum atomic E-state index is 5.46. The molecule has 2 fully saturated rings. The average Bonchev–Trinajstić information content (AvgIpc) is 3.07. The Balaban J connectivity index is 1.32. The van der Waals surface area contributed by atoms with Gasteiger partial charge in [-0.3, -0.25) is 15.1 Å². The third-order valence-corrected chi connectivity index (χ3v) is 5.04. The minimum Gasteiger partial charge on any atom is -0.313 e. The molecule has 132 valence electrons. The summed E-state index contributed by atoms with van der Waals surface area (Å²) in [6, 6.07) is 15.2. The van der Waals surface area contributed by atoms with Crippen LogP contribution in [0.5, 0.6) is 0 Å². The summed E-state index contributed by atoms with van der Waals surface area (Å²) in [5.41, 5.74) is 6.87. The lowest BCUT2D eigenvalue weighted by Gasteiger charge is -2.39. The molecule has 1 aromatic carbocycles. The monoisotopic (exact) mass is 339 g/mol. The molecule has 0 radical (unpaired) electrons. The first-order chi connectivity index (χ1) is 12.3. The Labute approximate surface area is 148 Å². The minimum absolute atomic E-state index is 0.0585. The number of hydrogen-bond donors (Lipinski definition) is 4. The van der Waals surface area contributed by atoms with Crippen LogP contribution in [0.3, 0.4) is 0 Å². The summed E-state index contributed by atoms with van der Waals surface area (Å²) in [5.74, 6) is 0. The molecule has 0 spiro atoms. The van der Waals surface area contributed by atoms with Gasteiger partial charge in [0.2, 0.25) is 0 Å². The summed E-state index contributed by atoms with van der Waals surface area (Å²) in [6.07, 6.45) is 2.77. The van der Waals surface area contributed by atoms with E-state index in [0.717, 1.165) is 38.3 Å². The van der Waals surface area contributed by atoms with Crippen LogP contribution in [0.4, 0.5) is 0 Å². The molecular formula is C19H25N5O. The van der Waals surface area contributed by atoms with Gasteiger partial charge in [-0.15, -0.1) is 0 Å². The van der Waals surface area contributed by atoms with Crippen LogP contribution >= 0.6 is 0 Å². The number of pyridine rings is 1. The zero-order chi connectivity index (χ0) is 17.0. The highest BCUT2D eigenvalue weighted by molar-refractivity contribution is 5.26. The lowest BCUT2D eigenvalue weighted by molar-refractivity contribution is -0.0766. The number of benzene rings is 1. The maximum absolute atomic E-state index is 5.46. The first-order valence-corrected chi connectivity index (χ1v) is 8.86. The van der Waals surface area contributed by atoms with E-state index in [0.29, 0.717) is 12.8 Å². The Morgan fingerprint density at radius 3 is 2.84 bits per heavy atom. The number of nitrogens with zero attached hydrogens (tertiary/aromatic N) is 1. The van der Waals surface area contributed by atoms with Crippen molar-refractivity contribution in [3.8, 4) is 0 Å². The van der Waals surface area contributed by atoms with Crippen LogP contribution in [0, 0.1) is 0 Å². The fraction of sp³-hybridized carbons (Fsp3) is 0.421. The lowest BCUT2D eigenvalue weighted by atomic mass is 9.86. The summed E-state index contributed by atoms with van der Waals surface area (Å²) in [6.45, 7) is 4.08. The average molecular weight is 339 g/mol. The van der Waals surface area contributed by atoms with Crippen molar-refractivity contribution in [2.24, 2.45) is 0 Å². The van der Waals surface area contributed by atoms with Crippen molar-refractivity contribution in [1.29, 1.82) is 0 Å². The van der Waals surface area contributed by atoms with E-state index >= 15 is 0 Å². The number of fused-ring (bicyclic) bond motifs is 1. The summed E-state index contributed by atoms with van der Waals surface area (Å²) in [7, 11) is 0. The fourth-order valence-electron chi connectivity index (χ4n) is 3.65. The highest BCUT2D eigenvalue weighted by Gasteiger charge is 2.45.